The first kappa shape index (κ1) is 22.1. The van der Waals surface area contributed by atoms with Gasteiger partial charge >= 0.3 is 0 Å². The Morgan fingerprint density at radius 1 is 1.06 bits per heavy atom. The molecule has 0 spiro atoms. The van der Waals surface area contributed by atoms with E-state index in [0.717, 1.165) is 5.56 Å². The van der Waals surface area contributed by atoms with E-state index < -0.39 is 0 Å². The van der Waals surface area contributed by atoms with Crippen LogP contribution in [-0.4, -0.2) is 27.7 Å². The number of thiazole rings is 1. The highest BCUT2D eigenvalue weighted by molar-refractivity contribution is 7.13. The molecule has 0 atom stereocenters. The molecule has 0 aliphatic rings. The predicted octanol–water partition coefficient (Wildman–Crippen LogP) is 3.24. The number of carbonyl (C=O) groups excluding carboxylic acids is 3. The third kappa shape index (κ3) is 6.71. The summed E-state index contributed by atoms with van der Waals surface area (Å²) in [5.41, 5.74) is 2.55. The number of nitrogens with one attached hydrogen (secondary N) is 3. The highest BCUT2D eigenvalue weighted by Gasteiger charge is 2.12. The van der Waals surface area contributed by atoms with Crippen LogP contribution in [-0.2, 0) is 22.6 Å². The monoisotopic (exact) mass is 437 g/mol. The Morgan fingerprint density at radius 2 is 1.84 bits per heavy atom. The Bertz CT molecular complexity index is 1070. The minimum atomic E-state index is -0.238. The summed E-state index contributed by atoms with van der Waals surface area (Å²) < 4.78 is 0. The largest absolute Gasteiger partial charge is 0.352 e. The number of hydrogen-bond acceptors (Lipinski definition) is 6. The van der Waals surface area contributed by atoms with Crippen molar-refractivity contribution in [2.24, 2.45) is 5.92 Å². The van der Waals surface area contributed by atoms with Crippen LogP contribution in [0.3, 0.4) is 0 Å². The van der Waals surface area contributed by atoms with Gasteiger partial charge < -0.3 is 16.0 Å². The molecule has 0 aliphatic carbocycles. The SMILES string of the molecule is CC(C)C(=O)Nc1nc(CC(=O)NCc2cccc(C(=O)Nc3ccncc3)c2)cs1. The molecule has 31 heavy (non-hydrogen) atoms. The molecule has 0 saturated heterocycles. The van der Waals surface area contributed by atoms with E-state index in [2.05, 4.69) is 25.9 Å². The lowest BCUT2D eigenvalue weighted by atomic mass is 10.1. The van der Waals surface area contributed by atoms with Crippen molar-refractivity contribution < 1.29 is 14.4 Å². The first-order valence-corrected chi connectivity index (χ1v) is 10.6. The van der Waals surface area contributed by atoms with Gasteiger partial charge in [0.1, 0.15) is 0 Å². The van der Waals surface area contributed by atoms with E-state index in [0.29, 0.717) is 22.1 Å². The molecule has 0 radical (unpaired) electrons. The minimum Gasteiger partial charge on any atom is -0.352 e. The minimum absolute atomic E-state index is 0.107. The molecule has 8 nitrogen and oxygen atoms in total. The Balaban J connectivity index is 1.51. The van der Waals surface area contributed by atoms with Crippen LogP contribution in [0, 0.1) is 5.92 Å². The molecular weight excluding hydrogens is 414 g/mol. The second-order valence-corrected chi connectivity index (χ2v) is 7.99. The highest BCUT2D eigenvalue weighted by atomic mass is 32.1. The smallest absolute Gasteiger partial charge is 0.255 e. The molecule has 9 heteroatoms. The topological polar surface area (TPSA) is 113 Å². The summed E-state index contributed by atoms with van der Waals surface area (Å²) in [4.78, 5) is 44.6. The molecule has 0 fully saturated rings. The summed E-state index contributed by atoms with van der Waals surface area (Å²) in [6.45, 7) is 3.89. The van der Waals surface area contributed by atoms with Gasteiger partial charge in [0, 0.05) is 41.5 Å². The Labute approximate surface area is 184 Å². The summed E-state index contributed by atoms with van der Waals surface area (Å²) >= 11 is 1.29. The van der Waals surface area contributed by atoms with Gasteiger partial charge in [0.15, 0.2) is 5.13 Å². The number of carbonyl (C=O) groups is 3. The molecule has 0 saturated carbocycles. The Morgan fingerprint density at radius 3 is 2.58 bits per heavy atom. The molecule has 2 heterocycles. The van der Waals surface area contributed by atoms with Crippen molar-refractivity contribution in [1.82, 2.24) is 15.3 Å². The van der Waals surface area contributed by atoms with Crippen molar-refractivity contribution in [2.75, 3.05) is 10.6 Å². The number of hydrogen-bond donors (Lipinski definition) is 3. The van der Waals surface area contributed by atoms with Crippen molar-refractivity contribution in [2.45, 2.75) is 26.8 Å². The van der Waals surface area contributed by atoms with Gasteiger partial charge in [-0.25, -0.2) is 4.98 Å². The van der Waals surface area contributed by atoms with Gasteiger partial charge in [-0.15, -0.1) is 11.3 Å². The van der Waals surface area contributed by atoms with Gasteiger partial charge in [0.2, 0.25) is 11.8 Å². The fourth-order valence-corrected chi connectivity index (χ4v) is 3.30. The van der Waals surface area contributed by atoms with Crippen LogP contribution in [0.15, 0.2) is 54.2 Å². The number of amides is 3. The number of benzene rings is 1. The number of nitrogens with zero attached hydrogens (tertiary/aromatic N) is 2. The van der Waals surface area contributed by atoms with Crippen LogP contribution < -0.4 is 16.0 Å². The maximum absolute atomic E-state index is 12.4. The van der Waals surface area contributed by atoms with Crippen molar-refractivity contribution >= 4 is 39.9 Å². The molecule has 3 rings (SSSR count). The highest BCUT2D eigenvalue weighted by Crippen LogP contribution is 2.17. The molecule has 0 unspecified atom stereocenters. The van der Waals surface area contributed by atoms with Crippen molar-refractivity contribution in [1.29, 1.82) is 0 Å². The van der Waals surface area contributed by atoms with Gasteiger partial charge in [-0.3, -0.25) is 19.4 Å². The number of pyridine rings is 1. The zero-order chi connectivity index (χ0) is 22.2. The molecule has 2 aromatic heterocycles. The van der Waals surface area contributed by atoms with E-state index in [-0.39, 0.29) is 36.6 Å². The zero-order valence-electron chi connectivity index (χ0n) is 17.2. The molecule has 0 aliphatic heterocycles. The summed E-state index contributed by atoms with van der Waals surface area (Å²) in [5, 5.41) is 10.6. The number of rotatable bonds is 8. The average Bonchev–Trinajstić information content (AvgIpc) is 3.19. The zero-order valence-corrected chi connectivity index (χ0v) is 18.0. The summed E-state index contributed by atoms with van der Waals surface area (Å²) in [6.07, 6.45) is 3.31. The first-order chi connectivity index (χ1) is 14.9. The van der Waals surface area contributed by atoms with E-state index in [9.17, 15) is 14.4 Å². The number of aromatic nitrogens is 2. The molecule has 160 valence electrons. The number of anilines is 2. The van der Waals surface area contributed by atoms with Crippen molar-refractivity contribution in [3.63, 3.8) is 0 Å². The quantitative estimate of drug-likeness (QED) is 0.501. The van der Waals surface area contributed by atoms with Crippen LogP contribution in [0.2, 0.25) is 0 Å². The van der Waals surface area contributed by atoms with Crippen LogP contribution in [0.4, 0.5) is 10.8 Å². The van der Waals surface area contributed by atoms with Crippen LogP contribution in [0.1, 0.15) is 35.5 Å². The molecule has 3 N–H and O–H groups in total. The summed E-state index contributed by atoms with van der Waals surface area (Å²) in [6, 6.07) is 10.5. The van der Waals surface area contributed by atoms with Crippen molar-refractivity contribution in [3.05, 3.63) is 71.0 Å². The first-order valence-electron chi connectivity index (χ1n) is 9.73. The van der Waals surface area contributed by atoms with E-state index in [1.165, 1.54) is 11.3 Å². The lowest BCUT2D eigenvalue weighted by molar-refractivity contribution is -0.120. The van der Waals surface area contributed by atoms with Crippen LogP contribution >= 0.6 is 11.3 Å². The molecular formula is C22H23N5O3S. The van der Waals surface area contributed by atoms with E-state index >= 15 is 0 Å². The average molecular weight is 438 g/mol. The lowest BCUT2D eigenvalue weighted by Gasteiger charge is -2.08. The fourth-order valence-electron chi connectivity index (χ4n) is 2.58. The third-order valence-electron chi connectivity index (χ3n) is 4.26. The van der Waals surface area contributed by atoms with Crippen molar-refractivity contribution in [3.8, 4) is 0 Å². The van der Waals surface area contributed by atoms with Crippen LogP contribution in [0.5, 0.6) is 0 Å². The molecule has 0 bridgehead atoms. The predicted molar refractivity (Wildman–Crippen MR) is 120 cm³/mol. The van der Waals surface area contributed by atoms with E-state index in [1.54, 1.807) is 62.0 Å². The van der Waals surface area contributed by atoms with Gasteiger partial charge in [-0.2, -0.15) is 0 Å². The molecule has 3 amide bonds. The van der Waals surface area contributed by atoms with Gasteiger partial charge in [-0.05, 0) is 29.8 Å². The second kappa shape index (κ2) is 10.4. The lowest BCUT2D eigenvalue weighted by Crippen LogP contribution is -2.25. The Kier molecular flexibility index (Phi) is 7.45. The van der Waals surface area contributed by atoms with Gasteiger partial charge in [0.25, 0.3) is 5.91 Å². The summed E-state index contributed by atoms with van der Waals surface area (Å²) in [5.74, 6) is -0.687. The van der Waals surface area contributed by atoms with E-state index in [1.807, 2.05) is 6.07 Å². The standard InChI is InChI=1S/C22H23N5O3S/c1-14(2)20(29)27-22-26-18(13-31-22)11-19(28)24-12-15-4-3-5-16(10-15)21(30)25-17-6-8-23-9-7-17/h3-10,13-14H,11-12H2,1-2H3,(H,24,28)(H,23,25,30)(H,26,27,29). The fraction of sp³-hybridized carbons (Fsp3) is 0.227. The third-order valence-corrected chi connectivity index (χ3v) is 5.07. The second-order valence-electron chi connectivity index (χ2n) is 7.13. The van der Waals surface area contributed by atoms with E-state index in [4.69, 9.17) is 0 Å². The van der Waals surface area contributed by atoms with Gasteiger partial charge in [0.05, 0.1) is 12.1 Å². The summed E-state index contributed by atoms with van der Waals surface area (Å²) in [7, 11) is 0. The van der Waals surface area contributed by atoms with Crippen LogP contribution in [0.25, 0.3) is 0 Å². The van der Waals surface area contributed by atoms with Gasteiger partial charge in [-0.1, -0.05) is 26.0 Å². The maximum atomic E-state index is 12.4. The maximum Gasteiger partial charge on any atom is 0.255 e. The molecule has 3 aromatic rings. The Hall–Kier alpha value is -3.59. The normalized spacial score (nSPS) is 10.5. The molecule has 1 aromatic carbocycles.